The highest BCUT2D eigenvalue weighted by atomic mass is 32.2. The highest BCUT2D eigenvalue weighted by Crippen LogP contribution is 2.22. The first-order valence-electron chi connectivity index (χ1n) is 5.40. The Bertz CT molecular complexity index is 754. The van der Waals surface area contributed by atoms with Crippen LogP contribution in [0.2, 0.25) is 0 Å². The molecule has 2 N–H and O–H groups in total. The monoisotopic (exact) mass is 315 g/mol. The molecule has 106 valence electrons. The lowest BCUT2D eigenvalue weighted by Gasteiger charge is -2.09. The topological polar surface area (TPSA) is 83.5 Å². The highest BCUT2D eigenvalue weighted by Gasteiger charge is 2.21. The van der Waals surface area contributed by atoms with Gasteiger partial charge in [-0.2, -0.15) is 11.3 Å². The van der Waals surface area contributed by atoms with Crippen LogP contribution in [-0.2, 0) is 10.0 Å². The molecule has 1 aromatic carbocycles. The van der Waals surface area contributed by atoms with Crippen LogP contribution >= 0.6 is 11.3 Å². The molecular weight excluding hydrogens is 305 g/mol. The van der Waals surface area contributed by atoms with E-state index in [-0.39, 0.29) is 10.5 Å². The van der Waals surface area contributed by atoms with Gasteiger partial charge in [0.1, 0.15) is 5.82 Å². The molecule has 5 nitrogen and oxygen atoms in total. The predicted molar refractivity (Wildman–Crippen MR) is 73.2 cm³/mol. The molecule has 8 heteroatoms. The first-order valence-corrected chi connectivity index (χ1v) is 7.82. The lowest BCUT2D eigenvalue weighted by atomic mass is 10.1. The van der Waals surface area contributed by atoms with Gasteiger partial charge in [0.15, 0.2) is 0 Å². The molecule has 0 aliphatic heterocycles. The number of benzene rings is 1. The minimum atomic E-state index is -3.95. The number of halogens is 1. The van der Waals surface area contributed by atoms with Crippen molar-refractivity contribution in [3.05, 3.63) is 45.9 Å². The Balaban J connectivity index is 2.49. The van der Waals surface area contributed by atoms with E-state index in [1.807, 2.05) is 0 Å². The van der Waals surface area contributed by atoms with Crippen molar-refractivity contribution in [2.75, 3.05) is 4.72 Å². The number of hydrogen-bond acceptors (Lipinski definition) is 4. The van der Waals surface area contributed by atoms with Crippen LogP contribution in [-0.4, -0.2) is 19.5 Å². The Labute approximate surface area is 118 Å². The van der Waals surface area contributed by atoms with E-state index in [2.05, 4.69) is 4.72 Å². The zero-order valence-electron chi connectivity index (χ0n) is 10.3. The van der Waals surface area contributed by atoms with Crippen molar-refractivity contribution in [2.24, 2.45) is 0 Å². The highest BCUT2D eigenvalue weighted by molar-refractivity contribution is 7.92. The number of aryl methyl sites for hydroxylation is 1. The Morgan fingerprint density at radius 3 is 2.65 bits per heavy atom. The summed E-state index contributed by atoms with van der Waals surface area (Å²) in [6.45, 7) is 1.31. The largest absolute Gasteiger partial charge is 0.478 e. The van der Waals surface area contributed by atoms with Crippen LogP contribution in [0.25, 0.3) is 0 Å². The number of anilines is 1. The van der Waals surface area contributed by atoms with E-state index in [0.717, 1.165) is 12.1 Å². The normalized spacial score (nSPS) is 11.3. The molecule has 0 aliphatic rings. The zero-order valence-corrected chi connectivity index (χ0v) is 11.9. The number of carbonyl (C=O) groups is 1. The van der Waals surface area contributed by atoms with Crippen molar-refractivity contribution in [3.8, 4) is 0 Å². The lowest BCUT2D eigenvalue weighted by Crippen LogP contribution is -2.14. The average molecular weight is 315 g/mol. The SMILES string of the molecule is Cc1cc(S(=O)(=O)Nc2ccsc2)cc(C(=O)O)c1F. The van der Waals surface area contributed by atoms with Gasteiger partial charge in [-0.15, -0.1) is 0 Å². The van der Waals surface area contributed by atoms with Gasteiger partial charge < -0.3 is 5.11 Å². The van der Waals surface area contributed by atoms with E-state index in [1.165, 1.54) is 18.3 Å². The summed E-state index contributed by atoms with van der Waals surface area (Å²) in [5, 5.41) is 12.2. The number of nitrogens with one attached hydrogen (secondary N) is 1. The van der Waals surface area contributed by atoms with Crippen LogP contribution in [0.1, 0.15) is 15.9 Å². The maximum absolute atomic E-state index is 13.6. The second-order valence-electron chi connectivity index (χ2n) is 4.02. The van der Waals surface area contributed by atoms with Crippen molar-refractivity contribution >= 4 is 33.0 Å². The van der Waals surface area contributed by atoms with Gasteiger partial charge in [0.05, 0.1) is 16.1 Å². The molecule has 1 aromatic heterocycles. The van der Waals surface area contributed by atoms with E-state index >= 15 is 0 Å². The summed E-state index contributed by atoms with van der Waals surface area (Å²) in [5.74, 6) is -2.45. The quantitative estimate of drug-likeness (QED) is 0.908. The second kappa shape index (κ2) is 5.22. The molecule has 0 amide bonds. The summed E-state index contributed by atoms with van der Waals surface area (Å²) < 4.78 is 40.1. The fourth-order valence-corrected chi connectivity index (χ4v) is 3.41. The van der Waals surface area contributed by atoms with E-state index in [9.17, 15) is 17.6 Å². The van der Waals surface area contributed by atoms with Crippen LogP contribution in [0.15, 0.2) is 33.9 Å². The Hall–Kier alpha value is -1.93. The summed E-state index contributed by atoms with van der Waals surface area (Å²) in [7, 11) is -3.95. The van der Waals surface area contributed by atoms with Gasteiger partial charge >= 0.3 is 5.97 Å². The maximum atomic E-state index is 13.6. The number of rotatable bonds is 4. The summed E-state index contributed by atoms with van der Waals surface area (Å²) in [5.41, 5.74) is -0.347. The van der Waals surface area contributed by atoms with Crippen molar-refractivity contribution in [3.63, 3.8) is 0 Å². The molecule has 2 rings (SSSR count). The minimum absolute atomic E-state index is 0.0457. The van der Waals surface area contributed by atoms with Crippen molar-refractivity contribution < 1.29 is 22.7 Å². The molecular formula is C12H10FNO4S2. The number of carboxylic acid groups (broad SMARTS) is 1. The molecule has 0 aliphatic carbocycles. The summed E-state index contributed by atoms with van der Waals surface area (Å²) >= 11 is 1.31. The first-order chi connectivity index (χ1) is 9.31. The molecule has 0 fully saturated rings. The fourth-order valence-electron chi connectivity index (χ4n) is 1.58. The first kappa shape index (κ1) is 14.5. The Morgan fingerprint density at radius 1 is 1.40 bits per heavy atom. The average Bonchev–Trinajstić information content (AvgIpc) is 2.83. The molecule has 20 heavy (non-hydrogen) atoms. The van der Waals surface area contributed by atoms with Gasteiger partial charge in [-0.05, 0) is 36.1 Å². The summed E-state index contributed by atoms with van der Waals surface area (Å²) in [4.78, 5) is 10.6. The van der Waals surface area contributed by atoms with Gasteiger partial charge in [0, 0.05) is 5.38 Å². The molecule has 0 saturated carbocycles. The van der Waals surface area contributed by atoms with Crippen LogP contribution in [0.4, 0.5) is 10.1 Å². The van der Waals surface area contributed by atoms with Crippen LogP contribution in [0.3, 0.4) is 0 Å². The molecule has 0 unspecified atom stereocenters. The van der Waals surface area contributed by atoms with Crippen molar-refractivity contribution in [2.45, 2.75) is 11.8 Å². The van der Waals surface area contributed by atoms with E-state index in [1.54, 1.807) is 16.8 Å². The van der Waals surface area contributed by atoms with E-state index in [0.29, 0.717) is 5.69 Å². The van der Waals surface area contributed by atoms with Crippen LogP contribution in [0, 0.1) is 12.7 Å². The molecule has 2 aromatic rings. The summed E-state index contributed by atoms with van der Waals surface area (Å²) in [6, 6.07) is 3.46. The number of carboxylic acids is 1. The van der Waals surface area contributed by atoms with Gasteiger partial charge in [0.25, 0.3) is 10.0 Å². The van der Waals surface area contributed by atoms with Crippen LogP contribution in [0.5, 0.6) is 0 Å². The zero-order chi connectivity index (χ0) is 14.9. The molecule has 0 radical (unpaired) electrons. The molecule has 1 heterocycles. The van der Waals surface area contributed by atoms with Gasteiger partial charge in [-0.3, -0.25) is 4.72 Å². The number of sulfonamides is 1. The Kier molecular flexibility index (Phi) is 3.78. The smallest absolute Gasteiger partial charge is 0.338 e. The molecule has 0 saturated heterocycles. The third-order valence-electron chi connectivity index (χ3n) is 2.54. The van der Waals surface area contributed by atoms with E-state index in [4.69, 9.17) is 5.11 Å². The van der Waals surface area contributed by atoms with Crippen molar-refractivity contribution in [1.82, 2.24) is 0 Å². The number of thiophene rings is 1. The van der Waals surface area contributed by atoms with Gasteiger partial charge in [0.2, 0.25) is 0 Å². The van der Waals surface area contributed by atoms with Gasteiger partial charge in [-0.25, -0.2) is 17.6 Å². The van der Waals surface area contributed by atoms with Crippen LogP contribution < -0.4 is 4.72 Å². The maximum Gasteiger partial charge on any atom is 0.338 e. The lowest BCUT2D eigenvalue weighted by molar-refractivity contribution is 0.0691. The fraction of sp³-hybridized carbons (Fsp3) is 0.0833. The second-order valence-corrected chi connectivity index (χ2v) is 6.49. The van der Waals surface area contributed by atoms with Gasteiger partial charge in [-0.1, -0.05) is 0 Å². The molecule has 0 bridgehead atoms. The van der Waals surface area contributed by atoms with Crippen molar-refractivity contribution in [1.29, 1.82) is 0 Å². The number of aromatic carboxylic acids is 1. The third-order valence-corrected chi connectivity index (χ3v) is 4.59. The number of hydrogen-bond donors (Lipinski definition) is 2. The third kappa shape index (κ3) is 2.81. The Morgan fingerprint density at radius 2 is 2.10 bits per heavy atom. The molecule has 0 atom stereocenters. The van der Waals surface area contributed by atoms with E-state index < -0.39 is 27.4 Å². The summed E-state index contributed by atoms with van der Waals surface area (Å²) in [6.07, 6.45) is 0. The standard InChI is InChI=1S/C12H10FNO4S2/c1-7-4-9(5-10(11(7)13)12(15)16)20(17,18)14-8-2-3-19-6-8/h2-6,14H,1H3,(H,15,16). The minimum Gasteiger partial charge on any atom is -0.478 e. The predicted octanol–water partition coefficient (Wildman–Crippen LogP) is 2.69. The molecule has 0 spiro atoms.